The van der Waals surface area contributed by atoms with Crippen LogP contribution in [0.1, 0.15) is 40.3 Å². The summed E-state index contributed by atoms with van der Waals surface area (Å²) >= 11 is 0. The molecule has 0 saturated heterocycles. The van der Waals surface area contributed by atoms with Crippen LogP contribution in [0.2, 0.25) is 0 Å². The number of carbonyl (C=O) groups is 2. The van der Waals surface area contributed by atoms with Crippen LogP contribution in [-0.2, 0) is 19.9 Å². The number of esters is 1. The molecule has 0 saturated carbocycles. The van der Waals surface area contributed by atoms with Crippen LogP contribution in [0.4, 0.5) is 0 Å². The van der Waals surface area contributed by atoms with Crippen molar-refractivity contribution in [2.45, 2.75) is 40.2 Å². The van der Waals surface area contributed by atoms with E-state index in [9.17, 15) is 14.7 Å². The number of rotatable bonds is 4. The number of hydrogen-bond donors (Lipinski definition) is 1. The van der Waals surface area contributed by atoms with Crippen molar-refractivity contribution in [3.63, 3.8) is 0 Å². The van der Waals surface area contributed by atoms with Crippen LogP contribution in [0.25, 0.3) is 0 Å². The van der Waals surface area contributed by atoms with Crippen molar-refractivity contribution in [3.8, 4) is 0 Å². The van der Waals surface area contributed by atoms with Crippen molar-refractivity contribution >= 4 is 11.9 Å². The molecular weight excluding hydrogens is 304 g/mol. The minimum Gasteiger partial charge on any atom is -0.478 e. The molecule has 0 aliphatic rings. The minimum absolute atomic E-state index is 0.471. The lowest BCUT2D eigenvalue weighted by atomic mass is 9.80. The number of carbonyl (C=O) groups excluding carboxylic acids is 1. The molecule has 0 bridgehead atoms. The van der Waals surface area contributed by atoms with Gasteiger partial charge >= 0.3 is 11.9 Å². The number of carboxylic acids is 1. The molecule has 0 unspecified atom stereocenters. The van der Waals surface area contributed by atoms with Gasteiger partial charge in [0.25, 0.3) is 5.60 Å². The minimum atomic E-state index is -1.86. The highest BCUT2D eigenvalue weighted by Gasteiger charge is 2.48. The number of hydrogen-bond acceptors (Lipinski definition) is 3. The topological polar surface area (TPSA) is 63.6 Å². The van der Waals surface area contributed by atoms with Gasteiger partial charge in [0.1, 0.15) is 0 Å². The number of ether oxygens (including phenoxy) is 1. The normalized spacial score (nSPS) is 11.2. The average molecular weight is 326 g/mol. The van der Waals surface area contributed by atoms with E-state index in [0.717, 1.165) is 22.3 Å². The molecular formula is C20H22O4. The zero-order valence-corrected chi connectivity index (χ0v) is 14.6. The Kier molecular flexibility index (Phi) is 4.78. The molecule has 0 atom stereocenters. The van der Waals surface area contributed by atoms with Crippen LogP contribution in [-0.4, -0.2) is 17.0 Å². The van der Waals surface area contributed by atoms with Crippen LogP contribution in [0.3, 0.4) is 0 Å². The smallest absolute Gasteiger partial charge is 0.357 e. The fourth-order valence-electron chi connectivity index (χ4n) is 2.97. The lowest BCUT2D eigenvalue weighted by molar-refractivity contribution is -0.173. The molecule has 24 heavy (non-hydrogen) atoms. The fraction of sp³-hybridized carbons (Fsp3) is 0.300. The number of benzene rings is 2. The van der Waals surface area contributed by atoms with E-state index in [1.807, 2.05) is 52.0 Å². The molecule has 0 aliphatic carbocycles. The maximum atomic E-state index is 12.4. The third kappa shape index (κ3) is 3.04. The van der Waals surface area contributed by atoms with Crippen molar-refractivity contribution in [2.24, 2.45) is 0 Å². The maximum absolute atomic E-state index is 12.4. The van der Waals surface area contributed by atoms with Crippen molar-refractivity contribution in [2.75, 3.05) is 0 Å². The largest absolute Gasteiger partial charge is 0.478 e. The third-order valence-electron chi connectivity index (χ3n) is 4.14. The third-order valence-corrected chi connectivity index (χ3v) is 4.14. The molecule has 0 aromatic heterocycles. The van der Waals surface area contributed by atoms with Crippen LogP contribution in [0.5, 0.6) is 0 Å². The monoisotopic (exact) mass is 326 g/mol. The summed E-state index contributed by atoms with van der Waals surface area (Å²) in [5.41, 5.74) is 2.39. The van der Waals surface area contributed by atoms with E-state index in [-0.39, 0.29) is 0 Å². The summed E-state index contributed by atoms with van der Waals surface area (Å²) < 4.78 is 5.50. The standard InChI is InChI=1S/C20H22O4/c1-12-6-8-14(3)17(10-12)20(19(22)23,24-16(5)21)18-11-13(2)7-9-15(18)4/h6-11H,1-5H3,(H,22,23). The molecule has 2 aromatic carbocycles. The number of aryl methyl sites for hydroxylation is 4. The van der Waals surface area contributed by atoms with Gasteiger partial charge in [-0.25, -0.2) is 4.79 Å². The molecule has 2 rings (SSSR count). The Morgan fingerprint density at radius 2 is 1.29 bits per heavy atom. The zero-order valence-electron chi connectivity index (χ0n) is 14.6. The van der Waals surface area contributed by atoms with Crippen LogP contribution >= 0.6 is 0 Å². The first-order valence-corrected chi connectivity index (χ1v) is 7.77. The summed E-state index contributed by atoms with van der Waals surface area (Å²) in [6.07, 6.45) is 0. The highest BCUT2D eigenvalue weighted by Crippen LogP contribution is 2.39. The molecule has 0 amide bonds. The Morgan fingerprint density at radius 3 is 1.62 bits per heavy atom. The average Bonchev–Trinajstić information content (AvgIpc) is 2.49. The summed E-state index contributed by atoms with van der Waals surface area (Å²) in [7, 11) is 0. The van der Waals surface area contributed by atoms with Crippen molar-refractivity contribution in [1.82, 2.24) is 0 Å². The summed E-state index contributed by atoms with van der Waals surface area (Å²) in [6.45, 7) is 8.63. The molecule has 1 N–H and O–H groups in total. The van der Waals surface area contributed by atoms with Crippen LogP contribution < -0.4 is 0 Å². The van der Waals surface area contributed by atoms with Crippen LogP contribution in [0.15, 0.2) is 36.4 Å². The van der Waals surface area contributed by atoms with E-state index in [4.69, 9.17) is 4.74 Å². The lowest BCUT2D eigenvalue weighted by Gasteiger charge is -2.32. The molecule has 4 nitrogen and oxygen atoms in total. The highest BCUT2D eigenvalue weighted by molar-refractivity contribution is 5.88. The van der Waals surface area contributed by atoms with Gasteiger partial charge in [-0.15, -0.1) is 0 Å². The van der Waals surface area contributed by atoms with Gasteiger partial charge in [0.05, 0.1) is 0 Å². The van der Waals surface area contributed by atoms with Gasteiger partial charge in [0.15, 0.2) is 0 Å². The number of carboxylic acid groups (broad SMARTS) is 1. The Bertz CT molecular complexity index is 754. The second-order valence-corrected chi connectivity index (χ2v) is 6.22. The quantitative estimate of drug-likeness (QED) is 0.868. The number of aliphatic carboxylic acids is 1. The first-order chi connectivity index (χ1) is 11.2. The summed E-state index contributed by atoms with van der Waals surface area (Å²) in [4.78, 5) is 24.2. The van der Waals surface area contributed by atoms with E-state index < -0.39 is 17.5 Å². The second-order valence-electron chi connectivity index (χ2n) is 6.22. The van der Waals surface area contributed by atoms with Gasteiger partial charge in [-0.1, -0.05) is 47.5 Å². The molecule has 0 radical (unpaired) electrons. The Balaban J connectivity index is 2.92. The summed E-state index contributed by atoms with van der Waals surface area (Å²) in [6, 6.07) is 11.0. The zero-order chi connectivity index (χ0) is 18.1. The first-order valence-electron chi connectivity index (χ1n) is 7.77. The summed E-state index contributed by atoms with van der Waals surface area (Å²) in [5.74, 6) is -1.85. The molecule has 0 spiro atoms. The lowest BCUT2D eigenvalue weighted by Crippen LogP contribution is -2.42. The molecule has 4 heteroatoms. The fourth-order valence-corrected chi connectivity index (χ4v) is 2.97. The Morgan fingerprint density at radius 1 is 0.875 bits per heavy atom. The van der Waals surface area contributed by atoms with E-state index >= 15 is 0 Å². The van der Waals surface area contributed by atoms with E-state index in [1.54, 1.807) is 12.1 Å². The highest BCUT2D eigenvalue weighted by atomic mass is 16.6. The first kappa shape index (κ1) is 17.7. The SMILES string of the molecule is CC(=O)OC(C(=O)O)(c1cc(C)ccc1C)c1cc(C)ccc1C. The van der Waals surface area contributed by atoms with E-state index in [1.165, 1.54) is 6.92 Å². The van der Waals surface area contributed by atoms with E-state index in [2.05, 4.69) is 0 Å². The molecule has 0 fully saturated rings. The van der Waals surface area contributed by atoms with Crippen LogP contribution in [0, 0.1) is 27.7 Å². The van der Waals surface area contributed by atoms with Gasteiger partial charge in [0, 0.05) is 18.1 Å². The van der Waals surface area contributed by atoms with E-state index in [0.29, 0.717) is 11.1 Å². The maximum Gasteiger partial charge on any atom is 0.357 e. The molecule has 126 valence electrons. The van der Waals surface area contributed by atoms with Gasteiger partial charge in [-0.3, -0.25) is 4.79 Å². The van der Waals surface area contributed by atoms with Crippen molar-refractivity contribution < 1.29 is 19.4 Å². The second kappa shape index (κ2) is 6.48. The Labute approximate surface area is 142 Å². The van der Waals surface area contributed by atoms with Crippen molar-refractivity contribution in [1.29, 1.82) is 0 Å². The Hall–Kier alpha value is -2.62. The predicted octanol–water partition coefficient (Wildman–Crippen LogP) is 3.81. The predicted molar refractivity (Wildman–Crippen MR) is 92.0 cm³/mol. The molecule has 2 aromatic rings. The van der Waals surface area contributed by atoms with Crippen molar-refractivity contribution in [3.05, 3.63) is 69.8 Å². The summed E-state index contributed by atoms with van der Waals surface area (Å²) in [5, 5.41) is 10.1. The molecule has 0 aliphatic heterocycles. The van der Waals surface area contributed by atoms with Gasteiger partial charge < -0.3 is 9.84 Å². The molecule has 0 heterocycles. The van der Waals surface area contributed by atoms with Gasteiger partial charge in [-0.05, 0) is 38.8 Å². The van der Waals surface area contributed by atoms with Gasteiger partial charge in [-0.2, -0.15) is 0 Å². The van der Waals surface area contributed by atoms with Gasteiger partial charge in [0.2, 0.25) is 0 Å².